The number of urea groups is 1. The van der Waals surface area contributed by atoms with Gasteiger partial charge >= 0.3 is 6.03 Å². The number of likely N-dealkylation sites (tertiary alicyclic amines) is 1. The number of rotatable bonds is 6. The Kier molecular flexibility index (Phi) is 6.44. The Bertz CT molecular complexity index is 985. The molecule has 0 atom stereocenters. The molecule has 0 radical (unpaired) electrons. The highest BCUT2D eigenvalue weighted by atomic mass is 16.5. The molecular weight excluding hydrogens is 376 g/mol. The number of carbonyl (C=O) groups is 1. The number of aryl methyl sites for hydroxylation is 1. The minimum Gasteiger partial charge on any atom is -0.490 e. The zero-order valence-corrected chi connectivity index (χ0v) is 17.3. The van der Waals surface area contributed by atoms with Crippen LogP contribution in [0.15, 0.2) is 60.7 Å². The van der Waals surface area contributed by atoms with Crippen molar-refractivity contribution in [3.63, 3.8) is 0 Å². The second-order valence-electron chi connectivity index (χ2n) is 7.68. The van der Waals surface area contributed by atoms with Gasteiger partial charge in [-0.15, -0.1) is 0 Å². The van der Waals surface area contributed by atoms with Crippen LogP contribution in [0.25, 0.3) is 10.9 Å². The smallest absolute Gasteiger partial charge is 0.319 e. The Hall–Kier alpha value is -3.12. The Morgan fingerprint density at radius 3 is 2.63 bits per heavy atom. The third kappa shape index (κ3) is 5.27. The van der Waals surface area contributed by atoms with Gasteiger partial charge in [-0.3, -0.25) is 4.98 Å². The van der Waals surface area contributed by atoms with E-state index in [9.17, 15) is 4.79 Å². The van der Waals surface area contributed by atoms with Crippen molar-refractivity contribution >= 4 is 22.6 Å². The van der Waals surface area contributed by atoms with Gasteiger partial charge in [-0.2, -0.15) is 0 Å². The average molecular weight is 405 g/mol. The Labute approximate surface area is 177 Å². The van der Waals surface area contributed by atoms with Gasteiger partial charge in [0.1, 0.15) is 11.9 Å². The third-order valence-electron chi connectivity index (χ3n) is 5.39. The molecule has 2 aromatic carbocycles. The summed E-state index contributed by atoms with van der Waals surface area (Å²) in [5, 5.41) is 6.88. The van der Waals surface area contributed by atoms with E-state index in [4.69, 9.17) is 4.74 Å². The van der Waals surface area contributed by atoms with E-state index in [-0.39, 0.29) is 12.1 Å². The van der Waals surface area contributed by atoms with Crippen molar-refractivity contribution in [3.8, 4) is 5.75 Å². The van der Waals surface area contributed by atoms with Crippen molar-refractivity contribution < 1.29 is 9.53 Å². The van der Waals surface area contributed by atoms with Gasteiger partial charge in [0.05, 0.1) is 11.2 Å². The first-order valence-corrected chi connectivity index (χ1v) is 10.5. The molecule has 1 saturated heterocycles. The first-order valence-electron chi connectivity index (χ1n) is 10.5. The number of hydrogen-bond acceptors (Lipinski definition) is 4. The number of benzene rings is 2. The van der Waals surface area contributed by atoms with Crippen LogP contribution in [0.3, 0.4) is 0 Å². The van der Waals surface area contributed by atoms with Crippen LogP contribution in [0.5, 0.6) is 5.75 Å². The molecule has 1 aromatic heterocycles. The lowest BCUT2D eigenvalue weighted by Crippen LogP contribution is -2.42. The lowest BCUT2D eigenvalue weighted by Gasteiger charge is -2.32. The number of hydrogen-bond donors (Lipinski definition) is 2. The Morgan fingerprint density at radius 2 is 1.83 bits per heavy atom. The van der Waals surface area contributed by atoms with Gasteiger partial charge in [-0.05, 0) is 44.0 Å². The third-order valence-corrected chi connectivity index (χ3v) is 5.39. The van der Waals surface area contributed by atoms with Crippen molar-refractivity contribution in [3.05, 3.63) is 66.4 Å². The maximum Gasteiger partial charge on any atom is 0.319 e. The minimum atomic E-state index is -0.187. The van der Waals surface area contributed by atoms with E-state index < -0.39 is 0 Å². The molecule has 2 heterocycles. The summed E-state index contributed by atoms with van der Waals surface area (Å²) in [7, 11) is 0. The largest absolute Gasteiger partial charge is 0.490 e. The molecule has 0 spiro atoms. The van der Waals surface area contributed by atoms with Crippen LogP contribution in [-0.4, -0.2) is 48.2 Å². The summed E-state index contributed by atoms with van der Waals surface area (Å²) in [5.41, 5.74) is 2.55. The Morgan fingerprint density at radius 1 is 1.10 bits per heavy atom. The molecule has 3 aromatic rings. The molecule has 4 rings (SSSR count). The van der Waals surface area contributed by atoms with Crippen LogP contribution in [0.1, 0.15) is 18.5 Å². The molecule has 1 aliphatic rings. The van der Waals surface area contributed by atoms with E-state index in [0.29, 0.717) is 6.54 Å². The molecule has 6 heteroatoms. The summed E-state index contributed by atoms with van der Waals surface area (Å²) in [4.78, 5) is 19.3. The monoisotopic (exact) mass is 404 g/mol. The quantitative estimate of drug-likeness (QED) is 0.646. The van der Waals surface area contributed by atoms with Crippen LogP contribution in [0.2, 0.25) is 0 Å². The molecule has 0 bridgehead atoms. The van der Waals surface area contributed by atoms with Crippen molar-refractivity contribution in [2.45, 2.75) is 25.9 Å². The number of anilines is 1. The predicted molar refractivity (Wildman–Crippen MR) is 120 cm³/mol. The summed E-state index contributed by atoms with van der Waals surface area (Å²) >= 11 is 0. The van der Waals surface area contributed by atoms with E-state index in [0.717, 1.165) is 60.5 Å². The number of ether oxygens (including phenoxy) is 1. The highest BCUT2D eigenvalue weighted by molar-refractivity contribution is 6.00. The van der Waals surface area contributed by atoms with Crippen LogP contribution in [-0.2, 0) is 0 Å². The predicted octanol–water partition coefficient (Wildman–Crippen LogP) is 4.21. The molecule has 156 valence electrons. The van der Waals surface area contributed by atoms with Crippen molar-refractivity contribution in [1.82, 2.24) is 15.2 Å². The molecule has 30 heavy (non-hydrogen) atoms. The van der Waals surface area contributed by atoms with Gasteiger partial charge in [0, 0.05) is 37.3 Å². The maximum absolute atomic E-state index is 12.4. The van der Waals surface area contributed by atoms with Crippen molar-refractivity contribution in [2.75, 3.05) is 31.5 Å². The van der Waals surface area contributed by atoms with Crippen LogP contribution in [0.4, 0.5) is 10.5 Å². The molecule has 1 aliphatic heterocycles. The second kappa shape index (κ2) is 9.59. The van der Waals surface area contributed by atoms with E-state index in [2.05, 4.69) is 20.5 Å². The highest BCUT2D eigenvalue weighted by Crippen LogP contribution is 2.23. The number of aromatic nitrogens is 1. The van der Waals surface area contributed by atoms with Gasteiger partial charge in [0.2, 0.25) is 0 Å². The van der Waals surface area contributed by atoms with E-state index in [1.54, 1.807) is 0 Å². The number of carbonyl (C=O) groups excluding carboxylic acids is 1. The molecule has 0 aliphatic carbocycles. The summed E-state index contributed by atoms with van der Waals surface area (Å²) in [6.45, 7) is 5.34. The van der Waals surface area contributed by atoms with Gasteiger partial charge in [0.15, 0.2) is 0 Å². The first-order chi connectivity index (χ1) is 14.7. The number of piperidine rings is 1. The number of para-hydroxylation sites is 2. The SMILES string of the molecule is Cc1cc(NC(=O)NCCN2CCC(Oc3ccccc3)CC2)c2ccccc2n1. The van der Waals surface area contributed by atoms with Crippen LogP contribution < -0.4 is 15.4 Å². The standard InChI is InChI=1S/C24H28N4O2/c1-18-17-23(21-9-5-6-10-22(21)26-18)27-24(29)25-13-16-28-14-11-20(12-15-28)30-19-7-3-2-4-8-19/h2-10,17,20H,11-16H2,1H3,(H2,25,26,27,29). The van der Waals surface area contributed by atoms with Crippen molar-refractivity contribution in [1.29, 1.82) is 0 Å². The fourth-order valence-corrected chi connectivity index (χ4v) is 3.85. The normalized spacial score (nSPS) is 15.1. The number of nitrogens with zero attached hydrogens (tertiary/aromatic N) is 2. The summed E-state index contributed by atoms with van der Waals surface area (Å²) in [6.07, 6.45) is 2.27. The highest BCUT2D eigenvalue weighted by Gasteiger charge is 2.20. The van der Waals surface area contributed by atoms with Gasteiger partial charge in [-0.1, -0.05) is 36.4 Å². The second-order valence-corrected chi connectivity index (χ2v) is 7.68. The van der Waals surface area contributed by atoms with Crippen LogP contribution >= 0.6 is 0 Å². The summed E-state index contributed by atoms with van der Waals surface area (Å²) in [5.74, 6) is 0.938. The zero-order chi connectivity index (χ0) is 20.8. The zero-order valence-electron chi connectivity index (χ0n) is 17.3. The first kappa shape index (κ1) is 20.2. The number of nitrogens with one attached hydrogen (secondary N) is 2. The molecule has 2 N–H and O–H groups in total. The lowest BCUT2D eigenvalue weighted by atomic mass is 10.1. The topological polar surface area (TPSA) is 66.5 Å². The molecule has 0 unspecified atom stereocenters. The van der Waals surface area contributed by atoms with Gasteiger partial charge in [-0.25, -0.2) is 4.79 Å². The summed E-state index contributed by atoms with van der Waals surface area (Å²) < 4.78 is 6.05. The molecular formula is C24H28N4O2. The average Bonchev–Trinajstić information content (AvgIpc) is 2.75. The molecule has 1 fully saturated rings. The lowest BCUT2D eigenvalue weighted by molar-refractivity contribution is 0.101. The summed E-state index contributed by atoms with van der Waals surface area (Å²) in [6, 6.07) is 19.5. The fraction of sp³-hybridized carbons (Fsp3) is 0.333. The van der Waals surface area contributed by atoms with E-state index in [1.165, 1.54) is 0 Å². The van der Waals surface area contributed by atoms with Gasteiger partial charge < -0.3 is 20.3 Å². The van der Waals surface area contributed by atoms with E-state index in [1.807, 2.05) is 67.6 Å². The molecule has 2 amide bonds. The fourth-order valence-electron chi connectivity index (χ4n) is 3.85. The van der Waals surface area contributed by atoms with Gasteiger partial charge in [0.25, 0.3) is 0 Å². The molecule has 0 saturated carbocycles. The van der Waals surface area contributed by atoms with Crippen LogP contribution in [0, 0.1) is 6.92 Å². The van der Waals surface area contributed by atoms with E-state index >= 15 is 0 Å². The molecule has 6 nitrogen and oxygen atoms in total. The van der Waals surface area contributed by atoms with Crippen molar-refractivity contribution in [2.24, 2.45) is 0 Å². The minimum absolute atomic E-state index is 0.187. The Balaban J connectivity index is 1.21. The number of fused-ring (bicyclic) bond motifs is 1. The maximum atomic E-state index is 12.4. The number of amides is 2. The number of pyridine rings is 1.